The van der Waals surface area contributed by atoms with Crippen molar-refractivity contribution in [3.8, 4) is 0 Å². The van der Waals surface area contributed by atoms with E-state index in [2.05, 4.69) is 35.0 Å². The predicted molar refractivity (Wildman–Crippen MR) is 57.4 cm³/mol. The molecule has 2 rings (SSSR count). The van der Waals surface area contributed by atoms with Crippen LogP contribution in [0.15, 0.2) is 6.07 Å². The van der Waals surface area contributed by atoms with Gasteiger partial charge in [-0.2, -0.15) is 5.10 Å². The maximum Gasteiger partial charge on any atom is 0.0596 e. The highest BCUT2D eigenvalue weighted by molar-refractivity contribution is 5.10. The van der Waals surface area contributed by atoms with Crippen LogP contribution in [-0.4, -0.2) is 22.4 Å². The maximum atomic E-state index is 4.46. The predicted octanol–water partition coefficient (Wildman–Crippen LogP) is 1.51. The van der Waals surface area contributed by atoms with Gasteiger partial charge in [-0.05, 0) is 39.3 Å². The smallest absolute Gasteiger partial charge is 0.0596 e. The number of rotatable bonds is 3. The molecule has 1 saturated heterocycles. The molecule has 78 valence electrons. The van der Waals surface area contributed by atoms with E-state index < -0.39 is 0 Å². The summed E-state index contributed by atoms with van der Waals surface area (Å²) in [6, 6.07) is 2.89. The molecule has 0 bridgehead atoms. The number of hydrogen-bond donors (Lipinski definition) is 1. The molecule has 14 heavy (non-hydrogen) atoms. The second-order valence-corrected chi connectivity index (χ2v) is 4.09. The van der Waals surface area contributed by atoms with E-state index in [1.54, 1.807) is 0 Å². The summed E-state index contributed by atoms with van der Waals surface area (Å²) in [4.78, 5) is 0. The summed E-state index contributed by atoms with van der Waals surface area (Å²) in [6.07, 6.45) is 3.77. The molecule has 1 N–H and O–H groups in total. The van der Waals surface area contributed by atoms with Crippen molar-refractivity contribution in [2.45, 2.75) is 45.7 Å². The molecule has 0 spiro atoms. The molecule has 0 aromatic carbocycles. The third-order valence-corrected chi connectivity index (χ3v) is 2.90. The Morgan fingerprint density at radius 1 is 1.64 bits per heavy atom. The lowest BCUT2D eigenvalue weighted by atomic mass is 10.1. The minimum atomic E-state index is 0.677. The average molecular weight is 193 g/mol. The lowest BCUT2D eigenvalue weighted by Gasteiger charge is -2.10. The Bertz CT molecular complexity index is 297. The second-order valence-electron chi connectivity index (χ2n) is 4.09. The van der Waals surface area contributed by atoms with Crippen LogP contribution in [0.4, 0.5) is 0 Å². The summed E-state index contributed by atoms with van der Waals surface area (Å²) in [5.41, 5.74) is 2.52. The highest BCUT2D eigenvalue weighted by atomic mass is 15.3. The Balaban J connectivity index is 2.06. The summed E-state index contributed by atoms with van der Waals surface area (Å²) in [7, 11) is 0. The van der Waals surface area contributed by atoms with E-state index in [1.807, 2.05) is 0 Å². The highest BCUT2D eigenvalue weighted by Crippen LogP contribution is 2.13. The normalized spacial score (nSPS) is 21.7. The van der Waals surface area contributed by atoms with Crippen LogP contribution in [-0.2, 0) is 13.0 Å². The van der Waals surface area contributed by atoms with Gasteiger partial charge in [0, 0.05) is 24.7 Å². The first-order valence-electron chi connectivity index (χ1n) is 5.56. The highest BCUT2D eigenvalue weighted by Gasteiger charge is 2.16. The van der Waals surface area contributed by atoms with Crippen molar-refractivity contribution >= 4 is 0 Å². The number of nitrogens with zero attached hydrogens (tertiary/aromatic N) is 2. The third-order valence-electron chi connectivity index (χ3n) is 2.90. The Kier molecular flexibility index (Phi) is 2.87. The van der Waals surface area contributed by atoms with Crippen LogP contribution in [0.3, 0.4) is 0 Å². The fourth-order valence-electron chi connectivity index (χ4n) is 2.22. The first kappa shape index (κ1) is 9.71. The molecule has 1 aliphatic rings. The zero-order valence-electron chi connectivity index (χ0n) is 9.08. The monoisotopic (exact) mass is 193 g/mol. The molecule has 1 aromatic heterocycles. The van der Waals surface area contributed by atoms with Gasteiger partial charge in [-0.25, -0.2) is 0 Å². The van der Waals surface area contributed by atoms with Gasteiger partial charge in [0.25, 0.3) is 0 Å². The van der Waals surface area contributed by atoms with Crippen LogP contribution < -0.4 is 5.32 Å². The summed E-state index contributed by atoms with van der Waals surface area (Å²) < 4.78 is 2.12. The average Bonchev–Trinajstić information content (AvgIpc) is 2.76. The molecule has 0 radical (unpaired) electrons. The van der Waals surface area contributed by atoms with E-state index in [4.69, 9.17) is 0 Å². The Morgan fingerprint density at radius 2 is 2.50 bits per heavy atom. The largest absolute Gasteiger partial charge is 0.314 e. The van der Waals surface area contributed by atoms with Crippen molar-refractivity contribution < 1.29 is 0 Å². The van der Waals surface area contributed by atoms with Crippen molar-refractivity contribution in [3.05, 3.63) is 17.5 Å². The summed E-state index contributed by atoms with van der Waals surface area (Å²) in [5, 5.41) is 7.98. The standard InChI is InChI=1S/C11H19N3/c1-3-14-11(7-9(2)13-14)8-10-5-4-6-12-10/h7,10,12H,3-6,8H2,1-2H3. The van der Waals surface area contributed by atoms with Gasteiger partial charge in [0.2, 0.25) is 0 Å². The zero-order valence-corrected chi connectivity index (χ0v) is 9.08. The molecule has 1 aliphatic heterocycles. The third kappa shape index (κ3) is 1.98. The van der Waals surface area contributed by atoms with E-state index in [0.29, 0.717) is 6.04 Å². The molecule has 1 unspecified atom stereocenters. The SMILES string of the molecule is CCn1nc(C)cc1CC1CCCN1. The van der Waals surface area contributed by atoms with Crippen LogP contribution >= 0.6 is 0 Å². The molecule has 3 heteroatoms. The van der Waals surface area contributed by atoms with Crippen LogP contribution in [0.1, 0.15) is 31.2 Å². The number of nitrogens with one attached hydrogen (secondary N) is 1. The molecule has 2 heterocycles. The van der Waals surface area contributed by atoms with Gasteiger partial charge in [0.1, 0.15) is 0 Å². The van der Waals surface area contributed by atoms with Crippen LogP contribution in [0.25, 0.3) is 0 Å². The molecule has 0 aliphatic carbocycles. The minimum absolute atomic E-state index is 0.677. The topological polar surface area (TPSA) is 29.9 Å². The first-order valence-corrected chi connectivity index (χ1v) is 5.56. The van der Waals surface area contributed by atoms with Crippen LogP contribution in [0, 0.1) is 6.92 Å². The molecule has 0 saturated carbocycles. The molecular weight excluding hydrogens is 174 g/mol. The van der Waals surface area contributed by atoms with E-state index >= 15 is 0 Å². The van der Waals surface area contributed by atoms with Crippen LogP contribution in [0.5, 0.6) is 0 Å². The maximum absolute atomic E-state index is 4.46. The van der Waals surface area contributed by atoms with E-state index in [1.165, 1.54) is 25.1 Å². The first-order chi connectivity index (χ1) is 6.79. The van der Waals surface area contributed by atoms with Gasteiger partial charge in [0.05, 0.1) is 5.69 Å². The second kappa shape index (κ2) is 4.13. The van der Waals surface area contributed by atoms with Crippen molar-refractivity contribution in [3.63, 3.8) is 0 Å². The molecular formula is C11H19N3. The molecule has 1 fully saturated rings. The van der Waals surface area contributed by atoms with E-state index in [0.717, 1.165) is 18.7 Å². The van der Waals surface area contributed by atoms with E-state index in [9.17, 15) is 0 Å². The van der Waals surface area contributed by atoms with E-state index in [-0.39, 0.29) is 0 Å². The number of aryl methyl sites for hydroxylation is 2. The van der Waals surface area contributed by atoms with Gasteiger partial charge < -0.3 is 5.32 Å². The zero-order chi connectivity index (χ0) is 9.97. The van der Waals surface area contributed by atoms with Gasteiger partial charge >= 0.3 is 0 Å². The van der Waals surface area contributed by atoms with Crippen molar-refractivity contribution in [1.82, 2.24) is 15.1 Å². The molecule has 1 aromatic rings. The minimum Gasteiger partial charge on any atom is -0.314 e. The molecule has 0 amide bonds. The van der Waals surface area contributed by atoms with Crippen molar-refractivity contribution in [2.75, 3.05) is 6.54 Å². The summed E-state index contributed by atoms with van der Waals surface area (Å²) in [6.45, 7) is 6.38. The fraction of sp³-hybridized carbons (Fsp3) is 0.727. The molecule has 1 atom stereocenters. The number of hydrogen-bond acceptors (Lipinski definition) is 2. The summed E-state index contributed by atoms with van der Waals surface area (Å²) >= 11 is 0. The lowest BCUT2D eigenvalue weighted by molar-refractivity contribution is 0.547. The van der Waals surface area contributed by atoms with Crippen LogP contribution in [0.2, 0.25) is 0 Å². The lowest BCUT2D eigenvalue weighted by Crippen LogP contribution is -2.25. The fourth-order valence-corrected chi connectivity index (χ4v) is 2.22. The van der Waals surface area contributed by atoms with Gasteiger partial charge in [-0.15, -0.1) is 0 Å². The van der Waals surface area contributed by atoms with Gasteiger partial charge in [-0.3, -0.25) is 4.68 Å². The van der Waals surface area contributed by atoms with Crippen molar-refractivity contribution in [1.29, 1.82) is 0 Å². The molecule has 3 nitrogen and oxygen atoms in total. The van der Waals surface area contributed by atoms with Gasteiger partial charge in [0.15, 0.2) is 0 Å². The van der Waals surface area contributed by atoms with Gasteiger partial charge in [-0.1, -0.05) is 0 Å². The number of aromatic nitrogens is 2. The Morgan fingerprint density at radius 3 is 3.14 bits per heavy atom. The summed E-state index contributed by atoms with van der Waals surface area (Å²) in [5.74, 6) is 0. The quantitative estimate of drug-likeness (QED) is 0.788. The Labute approximate surface area is 85.5 Å². The van der Waals surface area contributed by atoms with Crippen molar-refractivity contribution in [2.24, 2.45) is 0 Å². The Hall–Kier alpha value is -0.830.